The zero-order valence-corrected chi connectivity index (χ0v) is 11.9. The maximum absolute atomic E-state index is 11.8. The number of aryl methyl sites for hydroxylation is 1. The molecule has 2 aromatic rings. The van der Waals surface area contributed by atoms with Crippen molar-refractivity contribution in [3.8, 4) is 0 Å². The number of rotatable bonds is 2. The molecule has 0 N–H and O–H groups in total. The van der Waals surface area contributed by atoms with Crippen LogP contribution in [-0.2, 0) is 11.8 Å². The SMILES string of the molecule is COC(=O)c1c(C(C)=O)c2c(Br)cccc2n1C. The molecule has 0 aliphatic carbocycles. The summed E-state index contributed by atoms with van der Waals surface area (Å²) in [7, 11) is 3.05. The highest BCUT2D eigenvalue weighted by Gasteiger charge is 2.25. The van der Waals surface area contributed by atoms with Crippen molar-refractivity contribution in [2.75, 3.05) is 7.11 Å². The lowest BCUT2D eigenvalue weighted by atomic mass is 10.1. The van der Waals surface area contributed by atoms with E-state index in [1.54, 1.807) is 11.6 Å². The van der Waals surface area contributed by atoms with Gasteiger partial charge in [-0.1, -0.05) is 22.0 Å². The van der Waals surface area contributed by atoms with Crippen molar-refractivity contribution in [1.82, 2.24) is 4.57 Å². The van der Waals surface area contributed by atoms with Gasteiger partial charge in [0.25, 0.3) is 0 Å². The first-order valence-corrected chi connectivity index (χ1v) is 6.14. The number of fused-ring (bicyclic) bond motifs is 1. The Morgan fingerprint density at radius 2 is 2.00 bits per heavy atom. The summed E-state index contributed by atoms with van der Waals surface area (Å²) in [6.45, 7) is 1.45. The summed E-state index contributed by atoms with van der Waals surface area (Å²) in [6, 6.07) is 5.56. The van der Waals surface area contributed by atoms with Crippen molar-refractivity contribution in [3.05, 3.63) is 33.9 Å². The molecular formula is C13H12BrNO3. The fourth-order valence-electron chi connectivity index (χ4n) is 2.12. The largest absolute Gasteiger partial charge is 0.464 e. The van der Waals surface area contributed by atoms with Crippen molar-refractivity contribution in [2.45, 2.75) is 6.92 Å². The van der Waals surface area contributed by atoms with Gasteiger partial charge < -0.3 is 9.30 Å². The van der Waals surface area contributed by atoms with Crippen LogP contribution in [0.2, 0.25) is 0 Å². The first-order valence-electron chi connectivity index (χ1n) is 5.35. The van der Waals surface area contributed by atoms with Gasteiger partial charge in [0.15, 0.2) is 5.78 Å². The van der Waals surface area contributed by atoms with Crippen molar-refractivity contribution in [2.24, 2.45) is 7.05 Å². The number of carbonyl (C=O) groups is 2. The Labute approximate surface area is 113 Å². The van der Waals surface area contributed by atoms with Crippen LogP contribution in [0.25, 0.3) is 10.9 Å². The summed E-state index contributed by atoms with van der Waals surface area (Å²) in [4.78, 5) is 23.7. The van der Waals surface area contributed by atoms with Gasteiger partial charge in [-0.15, -0.1) is 0 Å². The van der Waals surface area contributed by atoms with E-state index in [2.05, 4.69) is 15.9 Å². The van der Waals surface area contributed by atoms with Gasteiger partial charge in [0, 0.05) is 16.9 Å². The maximum atomic E-state index is 11.8. The third kappa shape index (κ3) is 1.75. The molecule has 0 saturated heterocycles. The van der Waals surface area contributed by atoms with Crippen LogP contribution in [0.4, 0.5) is 0 Å². The Morgan fingerprint density at radius 3 is 2.56 bits per heavy atom. The molecule has 0 radical (unpaired) electrons. The quantitative estimate of drug-likeness (QED) is 0.633. The van der Waals surface area contributed by atoms with Crippen molar-refractivity contribution in [1.29, 1.82) is 0 Å². The molecule has 1 aromatic heterocycles. The number of esters is 1. The summed E-state index contributed by atoms with van der Waals surface area (Å²) >= 11 is 3.42. The molecule has 1 heterocycles. The molecule has 0 spiro atoms. The highest BCUT2D eigenvalue weighted by atomic mass is 79.9. The van der Waals surface area contributed by atoms with Crippen LogP contribution in [0.1, 0.15) is 27.8 Å². The molecular weight excluding hydrogens is 298 g/mol. The number of hydrogen-bond donors (Lipinski definition) is 0. The predicted molar refractivity (Wildman–Crippen MR) is 72.0 cm³/mol. The van der Waals surface area contributed by atoms with Gasteiger partial charge in [-0.25, -0.2) is 4.79 Å². The Kier molecular flexibility index (Phi) is 3.26. The Bertz CT molecular complexity index is 658. The van der Waals surface area contributed by atoms with Crippen molar-refractivity contribution >= 4 is 38.6 Å². The standard InChI is InChI=1S/C13H12BrNO3/c1-7(16)10-11-8(14)5-4-6-9(11)15(2)12(10)13(17)18-3/h4-6H,1-3H3. The van der Waals surface area contributed by atoms with Crippen LogP contribution in [0.3, 0.4) is 0 Å². The van der Waals surface area contributed by atoms with Crippen molar-refractivity contribution in [3.63, 3.8) is 0 Å². The first kappa shape index (κ1) is 12.8. The molecule has 0 amide bonds. The summed E-state index contributed by atoms with van der Waals surface area (Å²) < 4.78 is 7.22. The molecule has 0 aliphatic heterocycles. The van der Waals surface area contributed by atoms with Gasteiger partial charge in [0.05, 0.1) is 18.2 Å². The number of halogens is 1. The minimum atomic E-state index is -0.509. The topological polar surface area (TPSA) is 48.3 Å². The lowest BCUT2D eigenvalue weighted by molar-refractivity contribution is 0.0587. The van der Waals surface area contributed by atoms with E-state index in [9.17, 15) is 9.59 Å². The molecule has 0 fully saturated rings. The second-order valence-corrected chi connectivity index (χ2v) is 4.82. The van der Waals surface area contributed by atoms with Crippen LogP contribution >= 0.6 is 15.9 Å². The lowest BCUT2D eigenvalue weighted by Crippen LogP contribution is -2.11. The number of nitrogens with zero attached hydrogens (tertiary/aromatic N) is 1. The monoisotopic (exact) mass is 309 g/mol. The van der Waals surface area contributed by atoms with Gasteiger partial charge >= 0.3 is 5.97 Å². The van der Waals surface area contributed by atoms with Crippen molar-refractivity contribution < 1.29 is 14.3 Å². The van der Waals surface area contributed by atoms with Crippen LogP contribution in [0.5, 0.6) is 0 Å². The third-order valence-electron chi connectivity index (χ3n) is 2.91. The number of methoxy groups -OCH3 is 1. The number of benzene rings is 1. The van der Waals surface area contributed by atoms with Gasteiger partial charge in [0.1, 0.15) is 5.69 Å². The minimum Gasteiger partial charge on any atom is -0.464 e. The van der Waals surface area contributed by atoms with E-state index >= 15 is 0 Å². The normalized spacial score (nSPS) is 10.7. The van der Waals surface area contributed by atoms with E-state index in [1.807, 2.05) is 18.2 Å². The molecule has 1 aromatic carbocycles. The van der Waals surface area contributed by atoms with E-state index in [0.717, 1.165) is 15.4 Å². The molecule has 0 aliphatic rings. The van der Waals surface area contributed by atoms with E-state index in [-0.39, 0.29) is 11.5 Å². The minimum absolute atomic E-state index is 0.159. The molecule has 0 bridgehead atoms. The highest BCUT2D eigenvalue weighted by Crippen LogP contribution is 2.32. The van der Waals surface area contributed by atoms with Gasteiger partial charge in [0.2, 0.25) is 0 Å². The number of Topliss-reactive ketones (excluding diaryl/α,β-unsaturated/α-hetero) is 1. The summed E-state index contributed by atoms with van der Waals surface area (Å²) in [6.07, 6.45) is 0. The number of aromatic nitrogens is 1. The molecule has 0 atom stereocenters. The maximum Gasteiger partial charge on any atom is 0.355 e. The smallest absolute Gasteiger partial charge is 0.355 e. The average molecular weight is 310 g/mol. The fraction of sp³-hybridized carbons (Fsp3) is 0.231. The second kappa shape index (κ2) is 4.57. The van der Waals surface area contributed by atoms with Crippen LogP contribution < -0.4 is 0 Å². The van der Waals surface area contributed by atoms with Crippen LogP contribution in [0, 0.1) is 0 Å². The Balaban J connectivity index is 2.98. The summed E-state index contributed by atoms with van der Waals surface area (Å²) in [5.41, 5.74) is 1.49. The van der Waals surface area contributed by atoms with Gasteiger partial charge in [-0.2, -0.15) is 0 Å². The van der Waals surface area contributed by atoms with E-state index < -0.39 is 5.97 Å². The lowest BCUT2D eigenvalue weighted by Gasteiger charge is -2.03. The second-order valence-electron chi connectivity index (χ2n) is 3.96. The third-order valence-corrected chi connectivity index (χ3v) is 3.57. The zero-order chi connectivity index (χ0) is 13.4. The zero-order valence-electron chi connectivity index (χ0n) is 10.3. The molecule has 5 heteroatoms. The number of hydrogen-bond acceptors (Lipinski definition) is 3. The van der Waals surface area contributed by atoms with Gasteiger partial charge in [-0.3, -0.25) is 4.79 Å². The molecule has 18 heavy (non-hydrogen) atoms. The predicted octanol–water partition coefficient (Wildman–Crippen LogP) is 2.93. The highest BCUT2D eigenvalue weighted by molar-refractivity contribution is 9.10. The summed E-state index contributed by atoms with van der Waals surface area (Å²) in [5, 5.41) is 0.743. The summed E-state index contributed by atoms with van der Waals surface area (Å²) in [5.74, 6) is -0.668. The molecule has 4 nitrogen and oxygen atoms in total. The Morgan fingerprint density at radius 1 is 1.33 bits per heavy atom. The molecule has 0 unspecified atom stereocenters. The van der Waals surface area contributed by atoms with E-state index in [0.29, 0.717) is 5.56 Å². The van der Waals surface area contributed by atoms with Crippen LogP contribution in [0.15, 0.2) is 22.7 Å². The number of ether oxygens (including phenoxy) is 1. The van der Waals surface area contributed by atoms with E-state index in [4.69, 9.17) is 4.74 Å². The molecule has 0 saturated carbocycles. The van der Waals surface area contributed by atoms with E-state index in [1.165, 1.54) is 14.0 Å². The number of carbonyl (C=O) groups excluding carboxylic acids is 2. The number of ketones is 1. The average Bonchev–Trinajstić information content (AvgIpc) is 2.64. The van der Waals surface area contributed by atoms with Crippen LogP contribution in [-0.4, -0.2) is 23.4 Å². The fourth-order valence-corrected chi connectivity index (χ4v) is 2.68. The Hall–Kier alpha value is -1.62. The van der Waals surface area contributed by atoms with Gasteiger partial charge in [-0.05, 0) is 19.1 Å². The molecule has 2 rings (SSSR count). The first-order chi connectivity index (χ1) is 8.49. The molecule has 94 valence electrons.